The van der Waals surface area contributed by atoms with Crippen LogP contribution in [0.3, 0.4) is 0 Å². The van der Waals surface area contributed by atoms with Gasteiger partial charge in [-0.05, 0) is 45.8 Å². The van der Waals surface area contributed by atoms with Crippen molar-refractivity contribution >= 4 is 5.57 Å². The number of nitrogens with one attached hydrogen (secondary N) is 1. The van der Waals surface area contributed by atoms with Crippen molar-refractivity contribution in [1.82, 2.24) is 15.1 Å². The van der Waals surface area contributed by atoms with E-state index in [9.17, 15) is 10.1 Å². The van der Waals surface area contributed by atoms with Gasteiger partial charge >= 0.3 is 0 Å². The number of hydrogen-bond acceptors (Lipinski definition) is 4. The van der Waals surface area contributed by atoms with Gasteiger partial charge in [-0.1, -0.05) is 25.7 Å². The Hall–Kier alpha value is -2.55. The molecule has 0 aliphatic rings. The molecule has 1 rings (SSSR count). The highest BCUT2D eigenvalue weighted by Crippen LogP contribution is 2.24. The summed E-state index contributed by atoms with van der Waals surface area (Å²) in [5.74, 6) is 6.50. The summed E-state index contributed by atoms with van der Waals surface area (Å²) in [4.78, 5) is 10.3. The molecule has 26 heavy (non-hydrogen) atoms. The number of aryl methyl sites for hydroxylation is 1. The van der Waals surface area contributed by atoms with E-state index in [2.05, 4.69) is 56.9 Å². The van der Waals surface area contributed by atoms with Gasteiger partial charge in [0.05, 0.1) is 5.56 Å². The summed E-state index contributed by atoms with van der Waals surface area (Å²) in [6.45, 7) is 10.9. The Morgan fingerprint density at radius 2 is 2.12 bits per heavy atom. The summed E-state index contributed by atoms with van der Waals surface area (Å²) in [7, 11) is 1.88. The summed E-state index contributed by atoms with van der Waals surface area (Å²) in [6, 6.07) is 0. The van der Waals surface area contributed by atoms with Crippen LogP contribution in [0.1, 0.15) is 58.7 Å². The summed E-state index contributed by atoms with van der Waals surface area (Å²) >= 11 is 0. The van der Waals surface area contributed by atoms with Crippen molar-refractivity contribution in [2.75, 3.05) is 13.1 Å². The van der Waals surface area contributed by atoms with Crippen molar-refractivity contribution in [2.24, 2.45) is 12.5 Å². The third-order valence-electron chi connectivity index (χ3n) is 3.47. The molecule has 1 N–H and O–H groups in total. The lowest BCUT2D eigenvalue weighted by molar-refractivity contribution is -0.468. The largest absolute Gasteiger partial charge is 0.385 e. The average Bonchev–Trinajstić information content (AvgIpc) is 2.90. The Bertz CT molecular complexity index is 740. The van der Waals surface area contributed by atoms with E-state index in [-0.39, 0.29) is 16.9 Å². The molecule has 1 aromatic heterocycles. The van der Waals surface area contributed by atoms with Gasteiger partial charge in [-0.3, -0.25) is 14.8 Å². The first kappa shape index (κ1) is 21.5. The third kappa shape index (κ3) is 7.14. The van der Waals surface area contributed by atoms with Crippen LogP contribution >= 0.6 is 0 Å². The first-order valence-electron chi connectivity index (χ1n) is 9.00. The van der Waals surface area contributed by atoms with Crippen molar-refractivity contribution in [3.05, 3.63) is 45.4 Å². The van der Waals surface area contributed by atoms with Crippen molar-refractivity contribution in [3.8, 4) is 11.8 Å². The molecule has 142 valence electrons. The minimum atomic E-state index is -0.347. The maximum atomic E-state index is 10.6. The second-order valence-corrected chi connectivity index (χ2v) is 7.16. The zero-order chi connectivity index (χ0) is 19.7. The van der Waals surface area contributed by atoms with E-state index in [0.29, 0.717) is 0 Å². The summed E-state index contributed by atoms with van der Waals surface area (Å²) < 4.78 is 1.76. The van der Waals surface area contributed by atoms with Gasteiger partial charge < -0.3 is 5.32 Å². The molecule has 0 aliphatic heterocycles. The fourth-order valence-electron chi connectivity index (χ4n) is 2.33. The Morgan fingerprint density at radius 1 is 1.42 bits per heavy atom. The molecule has 0 fully saturated rings. The van der Waals surface area contributed by atoms with E-state index in [1.54, 1.807) is 16.8 Å². The van der Waals surface area contributed by atoms with E-state index >= 15 is 0 Å². The summed E-state index contributed by atoms with van der Waals surface area (Å²) in [5, 5.41) is 18.6. The predicted molar refractivity (Wildman–Crippen MR) is 106 cm³/mol. The second kappa shape index (κ2) is 9.81. The summed E-state index contributed by atoms with van der Waals surface area (Å²) in [5.41, 5.74) is 3.48. The highest BCUT2D eigenvalue weighted by molar-refractivity contribution is 5.72. The highest BCUT2D eigenvalue weighted by atomic mass is 16.6. The predicted octanol–water partition coefficient (Wildman–Crippen LogP) is 3.77. The quantitative estimate of drug-likeness (QED) is 0.332. The maximum Gasteiger partial charge on any atom is 0.222 e. The molecule has 0 amide bonds. The van der Waals surface area contributed by atoms with E-state index in [1.165, 1.54) is 0 Å². The number of hydrogen-bond donors (Lipinski definition) is 1. The van der Waals surface area contributed by atoms with Gasteiger partial charge in [0.1, 0.15) is 5.69 Å². The van der Waals surface area contributed by atoms with E-state index in [4.69, 9.17) is 0 Å². The lowest BCUT2D eigenvalue weighted by Crippen LogP contribution is -2.15. The Labute approximate surface area is 156 Å². The first-order chi connectivity index (χ1) is 12.2. The van der Waals surface area contributed by atoms with Crippen LogP contribution in [-0.4, -0.2) is 27.8 Å². The fraction of sp³-hybridized carbons (Fsp3) is 0.550. The normalized spacial score (nSPS) is 12.5. The Balaban J connectivity index is 3.41. The molecule has 0 saturated heterocycles. The molecule has 0 bridgehead atoms. The van der Waals surface area contributed by atoms with Crippen LogP contribution < -0.4 is 5.32 Å². The molecule has 0 radical (unpaired) electrons. The van der Waals surface area contributed by atoms with Crippen LogP contribution in [0.15, 0.2) is 24.0 Å². The molecule has 0 spiro atoms. The van der Waals surface area contributed by atoms with Crippen molar-refractivity contribution < 1.29 is 4.92 Å². The van der Waals surface area contributed by atoms with Gasteiger partial charge in [0.15, 0.2) is 0 Å². The zero-order valence-corrected chi connectivity index (χ0v) is 16.7. The lowest BCUT2D eigenvalue weighted by atomic mass is 9.96. The highest BCUT2D eigenvalue weighted by Gasteiger charge is 2.14. The van der Waals surface area contributed by atoms with Gasteiger partial charge in [-0.15, -0.1) is 0 Å². The number of nitrogens with zero attached hydrogens (tertiary/aromatic N) is 3. The molecule has 6 nitrogen and oxygen atoms in total. The van der Waals surface area contributed by atoms with Crippen LogP contribution in [0.5, 0.6) is 0 Å². The van der Waals surface area contributed by atoms with Crippen molar-refractivity contribution in [3.63, 3.8) is 0 Å². The first-order valence-corrected chi connectivity index (χ1v) is 9.00. The summed E-state index contributed by atoms with van der Waals surface area (Å²) in [6.07, 6.45) is 6.98. The molecule has 0 aliphatic carbocycles. The SMILES string of the molecule is CCCNC(/C=C\C[N+](=O)[O-])=C(/CC)c1nn(C)cc1C#CC(C)(C)C. The van der Waals surface area contributed by atoms with Gasteiger partial charge in [0.25, 0.3) is 0 Å². The Kier molecular flexibility index (Phi) is 8.11. The van der Waals surface area contributed by atoms with E-state index in [1.807, 2.05) is 13.2 Å². The molecule has 0 aromatic carbocycles. The smallest absolute Gasteiger partial charge is 0.222 e. The van der Waals surface area contributed by atoms with Crippen LogP contribution in [0.2, 0.25) is 0 Å². The van der Waals surface area contributed by atoms with Crippen LogP contribution in [0.25, 0.3) is 5.57 Å². The second-order valence-electron chi connectivity index (χ2n) is 7.16. The maximum absolute atomic E-state index is 10.6. The minimum absolute atomic E-state index is 0.0991. The molecular weight excluding hydrogens is 328 g/mol. The number of aromatic nitrogens is 2. The number of allylic oxidation sites excluding steroid dienone is 2. The Morgan fingerprint density at radius 3 is 2.65 bits per heavy atom. The standard InChI is InChI=1S/C20H30N4O2/c1-7-13-21-18(10-9-14-24(25)26)17(8-2)19-16(15-23(6)22-19)11-12-20(3,4)5/h9-10,15,21H,7-8,13-14H2,1-6H3/b10-9-,18-17-. The third-order valence-corrected chi connectivity index (χ3v) is 3.47. The molecule has 1 heterocycles. The molecular formula is C20H30N4O2. The van der Waals surface area contributed by atoms with Crippen LogP contribution in [0.4, 0.5) is 0 Å². The van der Waals surface area contributed by atoms with Crippen LogP contribution in [0, 0.1) is 27.4 Å². The number of rotatable bonds is 8. The average molecular weight is 358 g/mol. The van der Waals surface area contributed by atoms with Crippen molar-refractivity contribution in [1.29, 1.82) is 0 Å². The minimum Gasteiger partial charge on any atom is -0.385 e. The van der Waals surface area contributed by atoms with Crippen molar-refractivity contribution in [2.45, 2.75) is 47.5 Å². The van der Waals surface area contributed by atoms with Gasteiger partial charge in [0.2, 0.25) is 6.54 Å². The fourth-order valence-corrected chi connectivity index (χ4v) is 2.33. The number of nitro groups is 1. The molecule has 0 unspecified atom stereocenters. The lowest BCUT2D eigenvalue weighted by Gasteiger charge is -2.12. The van der Waals surface area contributed by atoms with E-state index < -0.39 is 0 Å². The molecule has 0 saturated carbocycles. The van der Waals surface area contributed by atoms with Gasteiger partial charge in [-0.2, -0.15) is 5.10 Å². The monoisotopic (exact) mass is 358 g/mol. The van der Waals surface area contributed by atoms with Crippen LogP contribution in [-0.2, 0) is 7.05 Å². The molecule has 1 aromatic rings. The van der Waals surface area contributed by atoms with Gasteiger partial charge in [0, 0.05) is 41.4 Å². The zero-order valence-electron chi connectivity index (χ0n) is 16.7. The molecule has 6 heteroatoms. The van der Waals surface area contributed by atoms with E-state index in [0.717, 1.165) is 41.9 Å². The molecule has 0 atom stereocenters. The topological polar surface area (TPSA) is 73.0 Å². The van der Waals surface area contributed by atoms with Gasteiger partial charge in [-0.25, -0.2) is 0 Å².